The second-order valence-corrected chi connectivity index (χ2v) is 4.82. The average molecular weight is 235 g/mol. The minimum Gasteiger partial charge on any atom is -0.346 e. The number of carbonyl (C=O) groups excluding carboxylic acids is 1. The molecule has 0 bridgehead atoms. The standard InChI is InChI=1S/C11H17N5O/c17-11(13-8-3-5-12-6-4-8)10-14-9(15-16-10)7-1-2-7/h7-8,12H,1-6H2,(H,13,17)(H,14,15,16). The Balaban J connectivity index is 1.59. The lowest BCUT2D eigenvalue weighted by Gasteiger charge is -2.22. The number of H-pyrrole nitrogens is 1. The van der Waals surface area contributed by atoms with Gasteiger partial charge in [-0.05, 0) is 38.8 Å². The van der Waals surface area contributed by atoms with E-state index in [-0.39, 0.29) is 17.8 Å². The lowest BCUT2D eigenvalue weighted by atomic mass is 10.1. The van der Waals surface area contributed by atoms with Crippen molar-refractivity contribution < 1.29 is 4.79 Å². The molecule has 1 aliphatic carbocycles. The zero-order valence-corrected chi connectivity index (χ0v) is 9.70. The van der Waals surface area contributed by atoms with Crippen LogP contribution in [0.25, 0.3) is 0 Å². The average Bonchev–Trinajstić information content (AvgIpc) is 3.08. The van der Waals surface area contributed by atoms with E-state index in [9.17, 15) is 4.79 Å². The molecule has 2 fully saturated rings. The predicted octanol–water partition coefficient (Wildman–Crippen LogP) is 0.164. The van der Waals surface area contributed by atoms with Crippen LogP contribution in [0.1, 0.15) is 48.0 Å². The van der Waals surface area contributed by atoms with E-state index in [0.717, 1.165) is 44.6 Å². The number of carbonyl (C=O) groups is 1. The van der Waals surface area contributed by atoms with Crippen molar-refractivity contribution in [3.8, 4) is 0 Å². The molecule has 0 spiro atoms. The molecule has 0 aromatic carbocycles. The monoisotopic (exact) mass is 235 g/mol. The molecule has 0 radical (unpaired) electrons. The fraction of sp³-hybridized carbons (Fsp3) is 0.727. The maximum absolute atomic E-state index is 11.9. The number of hydrogen-bond acceptors (Lipinski definition) is 4. The molecule has 6 heteroatoms. The van der Waals surface area contributed by atoms with E-state index in [1.165, 1.54) is 0 Å². The van der Waals surface area contributed by atoms with E-state index in [1.54, 1.807) is 0 Å². The lowest BCUT2D eigenvalue weighted by Crippen LogP contribution is -2.43. The summed E-state index contributed by atoms with van der Waals surface area (Å²) in [6, 6.07) is 0.256. The largest absolute Gasteiger partial charge is 0.346 e. The molecule has 1 saturated carbocycles. The maximum Gasteiger partial charge on any atom is 0.291 e. The first-order valence-corrected chi connectivity index (χ1v) is 6.27. The molecule has 1 saturated heterocycles. The van der Waals surface area contributed by atoms with Crippen molar-refractivity contribution in [2.45, 2.75) is 37.6 Å². The number of aromatic amines is 1. The molecule has 0 unspecified atom stereocenters. The van der Waals surface area contributed by atoms with Gasteiger partial charge in [-0.15, -0.1) is 5.10 Å². The van der Waals surface area contributed by atoms with Crippen LogP contribution < -0.4 is 10.6 Å². The first kappa shape index (κ1) is 10.7. The molecule has 1 aromatic rings. The molecule has 3 N–H and O–H groups in total. The Kier molecular flexibility index (Phi) is 2.80. The Hall–Kier alpha value is -1.43. The predicted molar refractivity (Wildman–Crippen MR) is 61.7 cm³/mol. The smallest absolute Gasteiger partial charge is 0.291 e. The first-order valence-electron chi connectivity index (χ1n) is 6.27. The van der Waals surface area contributed by atoms with Gasteiger partial charge in [0.1, 0.15) is 5.82 Å². The van der Waals surface area contributed by atoms with Gasteiger partial charge in [0, 0.05) is 12.0 Å². The highest BCUT2D eigenvalue weighted by atomic mass is 16.2. The lowest BCUT2D eigenvalue weighted by molar-refractivity contribution is 0.0919. The topological polar surface area (TPSA) is 82.7 Å². The third kappa shape index (κ3) is 2.46. The highest BCUT2D eigenvalue weighted by Crippen LogP contribution is 2.37. The molecule has 2 heterocycles. The molecule has 92 valence electrons. The fourth-order valence-corrected chi connectivity index (χ4v) is 2.13. The Bertz CT molecular complexity index is 406. The van der Waals surface area contributed by atoms with Crippen molar-refractivity contribution >= 4 is 5.91 Å². The van der Waals surface area contributed by atoms with Gasteiger partial charge >= 0.3 is 0 Å². The zero-order valence-electron chi connectivity index (χ0n) is 9.70. The van der Waals surface area contributed by atoms with Crippen LogP contribution in [0, 0.1) is 0 Å². The maximum atomic E-state index is 11.9. The van der Waals surface area contributed by atoms with Crippen LogP contribution in [0.15, 0.2) is 0 Å². The van der Waals surface area contributed by atoms with Crippen LogP contribution in [-0.4, -0.2) is 40.2 Å². The van der Waals surface area contributed by atoms with E-state index >= 15 is 0 Å². The van der Waals surface area contributed by atoms with Gasteiger partial charge in [-0.25, -0.2) is 4.98 Å². The molecule has 2 aliphatic rings. The SMILES string of the molecule is O=C(NC1CCNCC1)c1n[nH]c(C2CC2)n1. The molecular formula is C11H17N5O. The molecule has 17 heavy (non-hydrogen) atoms. The minimum atomic E-state index is -0.153. The van der Waals surface area contributed by atoms with Gasteiger partial charge in [-0.1, -0.05) is 0 Å². The van der Waals surface area contributed by atoms with Gasteiger partial charge in [-0.3, -0.25) is 9.89 Å². The summed E-state index contributed by atoms with van der Waals surface area (Å²) in [7, 11) is 0. The van der Waals surface area contributed by atoms with Crippen LogP contribution in [0.4, 0.5) is 0 Å². The van der Waals surface area contributed by atoms with Crippen LogP contribution in [0.3, 0.4) is 0 Å². The Labute approximate surface area is 99.6 Å². The summed E-state index contributed by atoms with van der Waals surface area (Å²) in [6.07, 6.45) is 4.27. The zero-order chi connectivity index (χ0) is 11.7. The van der Waals surface area contributed by atoms with Crippen molar-refractivity contribution in [1.82, 2.24) is 25.8 Å². The highest BCUT2D eigenvalue weighted by molar-refractivity contribution is 5.90. The van der Waals surface area contributed by atoms with E-state index in [4.69, 9.17) is 0 Å². The normalized spacial score (nSPS) is 21.4. The van der Waals surface area contributed by atoms with E-state index in [1.807, 2.05) is 0 Å². The van der Waals surface area contributed by atoms with Crippen molar-refractivity contribution in [3.63, 3.8) is 0 Å². The van der Waals surface area contributed by atoms with Crippen LogP contribution >= 0.6 is 0 Å². The Morgan fingerprint density at radius 1 is 1.24 bits per heavy atom. The molecule has 6 nitrogen and oxygen atoms in total. The number of hydrogen-bond donors (Lipinski definition) is 3. The van der Waals surface area contributed by atoms with Crippen LogP contribution in [0.2, 0.25) is 0 Å². The van der Waals surface area contributed by atoms with Gasteiger partial charge in [0.25, 0.3) is 5.91 Å². The van der Waals surface area contributed by atoms with Crippen molar-refractivity contribution in [2.75, 3.05) is 13.1 Å². The van der Waals surface area contributed by atoms with Crippen molar-refractivity contribution in [2.24, 2.45) is 0 Å². The summed E-state index contributed by atoms with van der Waals surface area (Å²) < 4.78 is 0. The van der Waals surface area contributed by atoms with Crippen molar-refractivity contribution in [1.29, 1.82) is 0 Å². The molecule has 1 aliphatic heterocycles. The third-order valence-corrected chi connectivity index (χ3v) is 3.34. The van der Waals surface area contributed by atoms with Gasteiger partial charge in [-0.2, -0.15) is 0 Å². The molecular weight excluding hydrogens is 218 g/mol. The van der Waals surface area contributed by atoms with Gasteiger partial charge in [0.15, 0.2) is 0 Å². The number of amides is 1. The summed E-state index contributed by atoms with van der Waals surface area (Å²) in [5.74, 6) is 1.49. The summed E-state index contributed by atoms with van der Waals surface area (Å²) in [4.78, 5) is 16.1. The van der Waals surface area contributed by atoms with E-state index in [2.05, 4.69) is 25.8 Å². The quantitative estimate of drug-likeness (QED) is 0.697. The summed E-state index contributed by atoms with van der Waals surface area (Å²) >= 11 is 0. The number of nitrogens with zero attached hydrogens (tertiary/aromatic N) is 2. The number of piperidine rings is 1. The number of nitrogens with one attached hydrogen (secondary N) is 3. The highest BCUT2D eigenvalue weighted by Gasteiger charge is 2.28. The van der Waals surface area contributed by atoms with E-state index in [0.29, 0.717) is 5.92 Å². The summed E-state index contributed by atoms with van der Waals surface area (Å²) in [5.41, 5.74) is 0. The number of aromatic nitrogens is 3. The molecule has 1 aromatic heterocycles. The second-order valence-electron chi connectivity index (χ2n) is 4.82. The summed E-state index contributed by atoms with van der Waals surface area (Å²) in [6.45, 7) is 1.93. The molecule has 0 atom stereocenters. The fourth-order valence-electron chi connectivity index (χ4n) is 2.13. The third-order valence-electron chi connectivity index (χ3n) is 3.34. The summed E-state index contributed by atoms with van der Waals surface area (Å²) in [5, 5.41) is 13.1. The Morgan fingerprint density at radius 2 is 2.00 bits per heavy atom. The minimum absolute atomic E-state index is 0.153. The van der Waals surface area contributed by atoms with Gasteiger partial charge < -0.3 is 10.6 Å². The number of rotatable bonds is 3. The van der Waals surface area contributed by atoms with Gasteiger partial charge in [0.2, 0.25) is 5.82 Å². The Morgan fingerprint density at radius 3 is 2.71 bits per heavy atom. The van der Waals surface area contributed by atoms with Gasteiger partial charge in [0.05, 0.1) is 0 Å². The van der Waals surface area contributed by atoms with Crippen LogP contribution in [-0.2, 0) is 0 Å². The van der Waals surface area contributed by atoms with Crippen molar-refractivity contribution in [3.05, 3.63) is 11.6 Å². The molecule has 3 rings (SSSR count). The molecule has 1 amide bonds. The van der Waals surface area contributed by atoms with E-state index < -0.39 is 0 Å². The first-order chi connectivity index (χ1) is 8.33. The van der Waals surface area contributed by atoms with Crippen LogP contribution in [0.5, 0.6) is 0 Å². The second kappa shape index (κ2) is 4.44.